The summed E-state index contributed by atoms with van der Waals surface area (Å²) >= 11 is 0. The highest BCUT2D eigenvalue weighted by Crippen LogP contribution is 2.33. The molecular formula is C24H17F3N6O. The van der Waals surface area contributed by atoms with Crippen molar-refractivity contribution < 1.29 is 18.0 Å². The summed E-state index contributed by atoms with van der Waals surface area (Å²) in [6.07, 6.45) is 2.56. The number of rotatable bonds is 3. The number of aromatic nitrogens is 4. The van der Waals surface area contributed by atoms with E-state index in [0.717, 1.165) is 17.7 Å². The third-order valence-corrected chi connectivity index (χ3v) is 4.80. The van der Waals surface area contributed by atoms with Gasteiger partial charge in [0, 0.05) is 34.9 Å². The Morgan fingerprint density at radius 2 is 1.91 bits per heavy atom. The predicted molar refractivity (Wildman–Crippen MR) is 120 cm³/mol. The van der Waals surface area contributed by atoms with E-state index in [1.54, 1.807) is 18.2 Å². The molecule has 4 rings (SSSR count). The highest BCUT2D eigenvalue weighted by molar-refractivity contribution is 6.04. The van der Waals surface area contributed by atoms with Crippen LogP contribution in [0.4, 0.5) is 24.7 Å². The van der Waals surface area contributed by atoms with Crippen molar-refractivity contribution in [2.45, 2.75) is 13.1 Å². The average molecular weight is 462 g/mol. The fraction of sp³-hybridized carbons (Fsp3) is 0.0833. The van der Waals surface area contributed by atoms with Gasteiger partial charge < -0.3 is 15.6 Å². The largest absolute Gasteiger partial charge is 0.416 e. The van der Waals surface area contributed by atoms with Crippen LogP contribution >= 0.6 is 0 Å². The third kappa shape index (κ3) is 5.21. The summed E-state index contributed by atoms with van der Waals surface area (Å²) in [5.74, 6) is 5.47. The second-order valence-electron chi connectivity index (χ2n) is 7.30. The lowest BCUT2D eigenvalue weighted by Gasteiger charge is -2.14. The molecule has 0 aliphatic heterocycles. The Bertz CT molecular complexity index is 1400. The first-order chi connectivity index (χ1) is 16.2. The van der Waals surface area contributed by atoms with Gasteiger partial charge in [0.15, 0.2) is 0 Å². The van der Waals surface area contributed by atoms with E-state index in [1.165, 1.54) is 41.7 Å². The number of carbonyl (C=O) groups is 1. The molecule has 0 saturated heterocycles. The molecule has 2 aromatic carbocycles. The van der Waals surface area contributed by atoms with Gasteiger partial charge in [-0.2, -0.15) is 13.2 Å². The number of halogens is 3. The van der Waals surface area contributed by atoms with Crippen molar-refractivity contribution in [1.82, 2.24) is 19.5 Å². The molecule has 0 saturated carbocycles. The van der Waals surface area contributed by atoms with Crippen molar-refractivity contribution in [1.29, 1.82) is 0 Å². The topological polar surface area (TPSA) is 98.7 Å². The van der Waals surface area contributed by atoms with E-state index in [-0.39, 0.29) is 22.8 Å². The van der Waals surface area contributed by atoms with Crippen molar-refractivity contribution in [3.05, 3.63) is 95.5 Å². The van der Waals surface area contributed by atoms with E-state index in [2.05, 4.69) is 32.1 Å². The van der Waals surface area contributed by atoms with Crippen LogP contribution in [0.15, 0.2) is 67.5 Å². The molecular weight excluding hydrogens is 445 g/mol. The number of nitrogens with two attached hydrogens (primary N) is 1. The Kier molecular flexibility index (Phi) is 6.01. The van der Waals surface area contributed by atoms with Crippen LogP contribution in [0.5, 0.6) is 0 Å². The number of hydrogen-bond acceptors (Lipinski definition) is 5. The molecule has 170 valence electrons. The van der Waals surface area contributed by atoms with Gasteiger partial charge in [-0.05, 0) is 48.7 Å². The van der Waals surface area contributed by atoms with Gasteiger partial charge in [0.25, 0.3) is 5.91 Å². The maximum atomic E-state index is 13.4. The van der Waals surface area contributed by atoms with Gasteiger partial charge in [0.05, 0.1) is 24.3 Å². The van der Waals surface area contributed by atoms with Crippen LogP contribution in [0.3, 0.4) is 0 Å². The predicted octanol–water partition coefficient (Wildman–Crippen LogP) is 4.22. The summed E-state index contributed by atoms with van der Waals surface area (Å²) in [6, 6.07) is 8.14. The number of nitrogens with zero attached hydrogens (tertiary/aromatic N) is 4. The van der Waals surface area contributed by atoms with Gasteiger partial charge >= 0.3 is 6.18 Å². The minimum atomic E-state index is -4.59. The van der Waals surface area contributed by atoms with Gasteiger partial charge in [-0.3, -0.25) is 4.79 Å². The molecule has 0 bridgehead atoms. The van der Waals surface area contributed by atoms with E-state index >= 15 is 0 Å². The first kappa shape index (κ1) is 22.5. The Labute approximate surface area is 192 Å². The van der Waals surface area contributed by atoms with E-state index < -0.39 is 17.6 Å². The zero-order valence-corrected chi connectivity index (χ0v) is 17.8. The Balaban J connectivity index is 1.62. The van der Waals surface area contributed by atoms with E-state index in [1.807, 2.05) is 6.92 Å². The second-order valence-corrected chi connectivity index (χ2v) is 7.30. The average Bonchev–Trinajstić information content (AvgIpc) is 3.34. The van der Waals surface area contributed by atoms with E-state index in [9.17, 15) is 18.0 Å². The first-order valence-electron chi connectivity index (χ1n) is 9.91. The van der Waals surface area contributed by atoms with E-state index in [4.69, 9.17) is 5.73 Å². The maximum Gasteiger partial charge on any atom is 0.416 e. The van der Waals surface area contributed by atoms with Crippen molar-refractivity contribution >= 4 is 17.4 Å². The molecule has 0 aliphatic rings. The minimum absolute atomic E-state index is 0.00566. The molecule has 10 heteroatoms. The number of nitrogen functional groups attached to an aromatic ring is 1. The molecule has 1 amide bonds. The number of alkyl halides is 3. The summed E-state index contributed by atoms with van der Waals surface area (Å²) in [4.78, 5) is 24.7. The van der Waals surface area contributed by atoms with Crippen LogP contribution in [0.25, 0.3) is 5.69 Å². The Morgan fingerprint density at radius 3 is 2.59 bits per heavy atom. The van der Waals surface area contributed by atoms with Crippen LogP contribution in [-0.4, -0.2) is 25.4 Å². The van der Waals surface area contributed by atoms with Crippen molar-refractivity contribution in [3.63, 3.8) is 0 Å². The van der Waals surface area contributed by atoms with Gasteiger partial charge in [-0.1, -0.05) is 12.0 Å². The summed E-state index contributed by atoms with van der Waals surface area (Å²) in [7, 11) is 0. The summed E-state index contributed by atoms with van der Waals surface area (Å²) in [6.45, 7) is 1.82. The van der Waals surface area contributed by atoms with Gasteiger partial charge in [0.2, 0.25) is 0 Å². The minimum Gasteiger partial charge on any atom is -0.382 e. The number of nitrogens with one attached hydrogen (secondary N) is 1. The monoisotopic (exact) mass is 462 g/mol. The third-order valence-electron chi connectivity index (χ3n) is 4.80. The fourth-order valence-corrected chi connectivity index (χ4v) is 3.04. The van der Waals surface area contributed by atoms with E-state index in [0.29, 0.717) is 11.3 Å². The molecule has 0 atom stereocenters. The molecule has 0 aliphatic carbocycles. The van der Waals surface area contributed by atoms with Crippen molar-refractivity contribution in [2.75, 3.05) is 11.1 Å². The standard InChI is InChI=1S/C24H17F3N6O/c1-15-2-3-17(8-16(15)4-5-19-12-31-22(28)13-30-19)23(34)32-20-9-18(24(25,26)27)10-21(11-20)33-7-6-29-14-33/h2-3,6-14H,1H3,(H2,28,31)(H,32,34). The Morgan fingerprint density at radius 1 is 1.09 bits per heavy atom. The molecule has 7 nitrogen and oxygen atoms in total. The SMILES string of the molecule is Cc1ccc(C(=O)Nc2cc(-n3ccnc3)cc(C(F)(F)F)c2)cc1C#Cc1cnc(N)cn1. The number of anilines is 2. The number of amides is 1. The zero-order valence-electron chi connectivity index (χ0n) is 17.8. The van der Waals surface area contributed by atoms with Crippen LogP contribution in [-0.2, 0) is 6.18 Å². The number of aryl methyl sites for hydroxylation is 1. The lowest BCUT2D eigenvalue weighted by atomic mass is 10.0. The molecule has 0 unspecified atom stereocenters. The van der Waals surface area contributed by atoms with Gasteiger partial charge in [-0.25, -0.2) is 15.0 Å². The smallest absolute Gasteiger partial charge is 0.382 e. The quantitative estimate of drug-likeness (QED) is 0.444. The van der Waals surface area contributed by atoms with Crippen LogP contribution in [0, 0.1) is 18.8 Å². The molecule has 2 aromatic heterocycles. The maximum absolute atomic E-state index is 13.4. The lowest BCUT2D eigenvalue weighted by Crippen LogP contribution is -2.14. The molecule has 0 radical (unpaired) electrons. The number of carbonyl (C=O) groups excluding carboxylic acids is 1. The molecule has 2 heterocycles. The van der Waals surface area contributed by atoms with Crippen LogP contribution in [0.2, 0.25) is 0 Å². The summed E-state index contributed by atoms with van der Waals surface area (Å²) < 4.78 is 41.7. The first-order valence-corrected chi connectivity index (χ1v) is 9.91. The number of benzene rings is 2. The van der Waals surface area contributed by atoms with Crippen molar-refractivity contribution in [2.24, 2.45) is 0 Å². The van der Waals surface area contributed by atoms with Gasteiger partial charge in [-0.15, -0.1) is 0 Å². The molecule has 4 aromatic rings. The number of imidazole rings is 1. The molecule has 34 heavy (non-hydrogen) atoms. The zero-order chi connectivity index (χ0) is 24.3. The van der Waals surface area contributed by atoms with Crippen molar-refractivity contribution in [3.8, 4) is 17.5 Å². The lowest BCUT2D eigenvalue weighted by molar-refractivity contribution is -0.137. The normalized spacial score (nSPS) is 10.9. The van der Waals surface area contributed by atoms with Crippen LogP contribution < -0.4 is 11.1 Å². The summed E-state index contributed by atoms with van der Waals surface area (Å²) in [5.41, 5.74) is 6.84. The highest BCUT2D eigenvalue weighted by Gasteiger charge is 2.31. The molecule has 0 spiro atoms. The fourth-order valence-electron chi connectivity index (χ4n) is 3.04. The summed E-state index contributed by atoms with van der Waals surface area (Å²) in [5, 5.41) is 2.54. The van der Waals surface area contributed by atoms with Crippen LogP contribution in [0.1, 0.15) is 32.7 Å². The number of hydrogen-bond donors (Lipinski definition) is 2. The molecule has 3 N–H and O–H groups in total. The Hall–Kier alpha value is -4.65. The van der Waals surface area contributed by atoms with Gasteiger partial charge in [0.1, 0.15) is 11.5 Å². The second kappa shape index (κ2) is 9.07. The highest BCUT2D eigenvalue weighted by atomic mass is 19.4. The molecule has 0 fully saturated rings.